The van der Waals surface area contributed by atoms with E-state index in [0.717, 1.165) is 11.8 Å². The van der Waals surface area contributed by atoms with Crippen LogP contribution in [0.5, 0.6) is 0 Å². The topological polar surface area (TPSA) is 66.7 Å². The van der Waals surface area contributed by atoms with Gasteiger partial charge >= 0.3 is 0 Å². The van der Waals surface area contributed by atoms with Crippen molar-refractivity contribution in [3.05, 3.63) is 35.4 Å². The zero-order chi connectivity index (χ0) is 12.3. The molecule has 0 aliphatic rings. The van der Waals surface area contributed by atoms with E-state index in [9.17, 15) is 8.42 Å². The summed E-state index contributed by atoms with van der Waals surface area (Å²) >= 11 is 0. The molecular weight excluding hydrogens is 226 g/mol. The Labute approximate surface area is 95.5 Å². The minimum Gasteiger partial charge on any atom is -0.411 e. The van der Waals surface area contributed by atoms with Gasteiger partial charge in [-0.05, 0) is 19.4 Å². The lowest BCUT2D eigenvalue weighted by molar-refractivity contribution is 0.318. The van der Waals surface area contributed by atoms with Crippen molar-refractivity contribution in [1.82, 2.24) is 0 Å². The molecule has 0 amide bonds. The maximum absolute atomic E-state index is 11.4. The van der Waals surface area contributed by atoms with Crippen LogP contribution in [0.25, 0.3) is 0 Å². The molecule has 16 heavy (non-hydrogen) atoms. The van der Waals surface area contributed by atoms with Crippen LogP contribution in [-0.4, -0.2) is 30.8 Å². The van der Waals surface area contributed by atoms with Crippen molar-refractivity contribution in [3.63, 3.8) is 0 Å². The minimum atomic E-state index is -3.27. The van der Waals surface area contributed by atoms with E-state index >= 15 is 0 Å². The van der Waals surface area contributed by atoms with Crippen molar-refractivity contribution >= 4 is 15.5 Å². The summed E-state index contributed by atoms with van der Waals surface area (Å²) in [6.07, 6.45) is 1.13. The largest absolute Gasteiger partial charge is 0.411 e. The van der Waals surface area contributed by atoms with Gasteiger partial charge in [0, 0.05) is 11.8 Å². The smallest absolute Gasteiger partial charge is 0.155 e. The molecule has 1 aromatic rings. The van der Waals surface area contributed by atoms with Gasteiger partial charge in [-0.2, -0.15) is 0 Å². The number of benzene rings is 1. The van der Waals surface area contributed by atoms with Gasteiger partial charge in [0.25, 0.3) is 0 Å². The molecule has 0 fully saturated rings. The molecule has 1 atom stereocenters. The number of oxime groups is 1. The van der Waals surface area contributed by atoms with E-state index in [1.807, 2.05) is 19.1 Å². The highest BCUT2D eigenvalue weighted by molar-refractivity contribution is 7.92. The van der Waals surface area contributed by atoms with Gasteiger partial charge in [-0.1, -0.05) is 29.4 Å². The van der Waals surface area contributed by atoms with E-state index in [1.54, 1.807) is 12.1 Å². The van der Waals surface area contributed by atoms with Crippen LogP contribution in [0.15, 0.2) is 29.4 Å². The number of hydrogen-bond acceptors (Lipinski definition) is 4. The maximum atomic E-state index is 11.4. The van der Waals surface area contributed by atoms with Gasteiger partial charge in [0.2, 0.25) is 0 Å². The highest BCUT2D eigenvalue weighted by Crippen LogP contribution is 2.14. The van der Waals surface area contributed by atoms with E-state index < -0.39 is 15.1 Å². The third-order valence-electron chi connectivity index (χ3n) is 2.56. The summed E-state index contributed by atoms with van der Waals surface area (Å²) in [5.41, 5.74) is 1.72. The van der Waals surface area contributed by atoms with Gasteiger partial charge in [-0.15, -0.1) is 0 Å². The van der Waals surface area contributed by atoms with Crippen molar-refractivity contribution in [2.75, 3.05) is 6.26 Å². The molecule has 0 aliphatic heterocycles. The quantitative estimate of drug-likeness (QED) is 0.496. The normalized spacial score (nSPS) is 14.8. The van der Waals surface area contributed by atoms with Crippen LogP contribution >= 0.6 is 0 Å². The first-order chi connectivity index (χ1) is 7.38. The Morgan fingerprint density at radius 2 is 1.94 bits per heavy atom. The highest BCUT2D eigenvalue weighted by Gasteiger charge is 2.24. The molecule has 0 heterocycles. The second kappa shape index (κ2) is 4.65. The van der Waals surface area contributed by atoms with Crippen LogP contribution in [0.4, 0.5) is 0 Å². The Morgan fingerprint density at radius 1 is 1.38 bits per heavy atom. The molecule has 0 bridgehead atoms. The predicted molar refractivity (Wildman–Crippen MR) is 63.8 cm³/mol. The molecule has 88 valence electrons. The molecule has 0 aromatic heterocycles. The van der Waals surface area contributed by atoms with Crippen molar-refractivity contribution in [3.8, 4) is 0 Å². The number of sulfone groups is 1. The van der Waals surface area contributed by atoms with E-state index in [2.05, 4.69) is 5.16 Å². The lowest BCUT2D eigenvalue weighted by atomic mass is 10.0. The van der Waals surface area contributed by atoms with E-state index in [4.69, 9.17) is 5.21 Å². The second-order valence-corrected chi connectivity index (χ2v) is 6.14. The van der Waals surface area contributed by atoms with Crippen LogP contribution in [0.2, 0.25) is 0 Å². The minimum absolute atomic E-state index is 0.181. The lowest BCUT2D eigenvalue weighted by Gasteiger charge is -2.13. The van der Waals surface area contributed by atoms with E-state index in [1.165, 1.54) is 6.92 Å². The SMILES string of the molecule is Cc1ccccc1/C(=N/O)[C@@H](C)S(C)(=O)=O. The van der Waals surface area contributed by atoms with Crippen LogP contribution < -0.4 is 0 Å². The van der Waals surface area contributed by atoms with Crippen LogP contribution in [0.3, 0.4) is 0 Å². The van der Waals surface area contributed by atoms with Gasteiger partial charge in [-0.3, -0.25) is 0 Å². The van der Waals surface area contributed by atoms with Crippen LogP contribution in [0, 0.1) is 6.92 Å². The zero-order valence-electron chi connectivity index (χ0n) is 9.51. The van der Waals surface area contributed by atoms with Crippen molar-refractivity contribution in [2.24, 2.45) is 5.16 Å². The fraction of sp³-hybridized carbons (Fsp3) is 0.364. The maximum Gasteiger partial charge on any atom is 0.155 e. The van der Waals surface area contributed by atoms with Gasteiger partial charge in [0.05, 0.1) is 0 Å². The molecule has 0 saturated heterocycles. The third kappa shape index (κ3) is 2.61. The Morgan fingerprint density at radius 3 is 2.38 bits per heavy atom. The second-order valence-electron chi connectivity index (χ2n) is 3.77. The molecule has 0 spiro atoms. The number of hydrogen-bond donors (Lipinski definition) is 1. The first-order valence-electron chi connectivity index (χ1n) is 4.84. The molecule has 4 nitrogen and oxygen atoms in total. The summed E-state index contributed by atoms with van der Waals surface area (Å²) in [4.78, 5) is 0. The van der Waals surface area contributed by atoms with Gasteiger partial charge in [-0.25, -0.2) is 8.42 Å². The summed E-state index contributed by atoms with van der Waals surface area (Å²) in [6, 6.07) is 7.21. The fourth-order valence-corrected chi connectivity index (χ4v) is 2.00. The number of nitrogens with zero attached hydrogens (tertiary/aromatic N) is 1. The Bertz CT molecular complexity index is 506. The molecule has 1 N–H and O–H groups in total. The number of rotatable bonds is 3. The number of aryl methyl sites for hydroxylation is 1. The monoisotopic (exact) mass is 241 g/mol. The summed E-state index contributed by atoms with van der Waals surface area (Å²) in [7, 11) is -3.27. The standard InChI is InChI=1S/C11H15NO3S/c1-8-6-4-5-7-10(8)11(12-13)9(2)16(3,14)15/h4-7,9,13H,1-3H3/b12-11+/t9-/m1/s1. The molecule has 0 unspecified atom stereocenters. The molecule has 0 radical (unpaired) electrons. The van der Waals surface area contributed by atoms with Gasteiger partial charge < -0.3 is 5.21 Å². The summed E-state index contributed by atoms with van der Waals surface area (Å²) in [5, 5.41) is 11.3. The summed E-state index contributed by atoms with van der Waals surface area (Å²) < 4.78 is 22.8. The zero-order valence-corrected chi connectivity index (χ0v) is 10.3. The highest BCUT2D eigenvalue weighted by atomic mass is 32.2. The first kappa shape index (κ1) is 12.7. The molecule has 0 saturated carbocycles. The summed E-state index contributed by atoms with van der Waals surface area (Å²) in [6.45, 7) is 3.35. The van der Waals surface area contributed by atoms with Crippen molar-refractivity contribution in [1.29, 1.82) is 0 Å². The van der Waals surface area contributed by atoms with Crippen molar-refractivity contribution < 1.29 is 13.6 Å². The Hall–Kier alpha value is -1.36. The fourth-order valence-electron chi connectivity index (χ4n) is 1.42. The molecule has 0 aliphatic carbocycles. The van der Waals surface area contributed by atoms with Crippen LogP contribution in [-0.2, 0) is 9.84 Å². The van der Waals surface area contributed by atoms with Crippen LogP contribution in [0.1, 0.15) is 18.1 Å². The first-order valence-corrected chi connectivity index (χ1v) is 6.80. The lowest BCUT2D eigenvalue weighted by Crippen LogP contribution is -2.27. The van der Waals surface area contributed by atoms with Gasteiger partial charge in [0.15, 0.2) is 9.84 Å². The third-order valence-corrected chi connectivity index (χ3v) is 4.06. The molecule has 5 heteroatoms. The summed E-state index contributed by atoms with van der Waals surface area (Å²) in [5.74, 6) is 0. The van der Waals surface area contributed by atoms with Crippen molar-refractivity contribution in [2.45, 2.75) is 19.1 Å². The Balaban J connectivity index is 3.26. The average molecular weight is 241 g/mol. The van der Waals surface area contributed by atoms with Gasteiger partial charge in [0.1, 0.15) is 11.0 Å². The molecule has 1 rings (SSSR count). The van der Waals surface area contributed by atoms with E-state index in [-0.39, 0.29) is 5.71 Å². The van der Waals surface area contributed by atoms with E-state index in [0.29, 0.717) is 5.56 Å². The molecule has 1 aromatic carbocycles. The predicted octanol–water partition coefficient (Wildman–Crippen LogP) is 1.61. The Kier molecular flexibility index (Phi) is 3.70. The average Bonchev–Trinajstić information content (AvgIpc) is 2.20. The molecular formula is C11H15NO3S.